The highest BCUT2D eigenvalue weighted by Crippen LogP contribution is 2.07. The molecule has 1 rings (SSSR count). The van der Waals surface area contributed by atoms with Gasteiger partial charge in [-0.1, -0.05) is 0 Å². The Hall–Kier alpha value is -1.14. The maximum absolute atomic E-state index is 10.9. The lowest BCUT2D eigenvalue weighted by Gasteiger charge is -2.36. The van der Waals surface area contributed by atoms with Crippen LogP contribution in [0.1, 0.15) is 13.8 Å². The number of carbonyl (C=O) groups is 2. The predicted molar refractivity (Wildman–Crippen MR) is 59.5 cm³/mol. The van der Waals surface area contributed by atoms with Crippen LogP contribution in [0.2, 0.25) is 0 Å². The molecule has 6 nitrogen and oxygen atoms in total. The molecule has 92 valence electrons. The molecular weight excluding hydrogens is 210 g/mol. The van der Waals surface area contributed by atoms with Crippen LogP contribution in [0.4, 0.5) is 4.79 Å². The van der Waals surface area contributed by atoms with Crippen LogP contribution in [0, 0.1) is 0 Å². The molecule has 16 heavy (non-hydrogen) atoms. The third-order valence-corrected chi connectivity index (χ3v) is 2.66. The average molecular weight is 229 g/mol. The maximum atomic E-state index is 10.9. The summed E-state index contributed by atoms with van der Waals surface area (Å²) in [4.78, 5) is 23.6. The summed E-state index contributed by atoms with van der Waals surface area (Å²) in [5.41, 5.74) is -1.02. The summed E-state index contributed by atoms with van der Waals surface area (Å²) in [7, 11) is 0. The van der Waals surface area contributed by atoms with Gasteiger partial charge in [-0.25, -0.2) is 4.79 Å². The Morgan fingerprint density at radius 2 is 2.44 bits per heavy atom. The molecule has 6 heteroatoms. The number of aldehydes is 1. The zero-order valence-corrected chi connectivity index (χ0v) is 9.69. The van der Waals surface area contributed by atoms with E-state index in [0.717, 1.165) is 19.6 Å². The molecule has 2 atom stereocenters. The van der Waals surface area contributed by atoms with Gasteiger partial charge < -0.3 is 20.5 Å². The van der Waals surface area contributed by atoms with Gasteiger partial charge in [-0.3, -0.25) is 4.90 Å². The van der Waals surface area contributed by atoms with Gasteiger partial charge in [0.15, 0.2) is 0 Å². The summed E-state index contributed by atoms with van der Waals surface area (Å²) in [6.45, 7) is 6.59. The van der Waals surface area contributed by atoms with E-state index in [4.69, 9.17) is 5.11 Å². The molecule has 0 aromatic rings. The van der Waals surface area contributed by atoms with Crippen LogP contribution in [0.5, 0.6) is 0 Å². The number of nitrogens with one attached hydrogen (secondary N) is 2. The SMILES string of the molecule is C[C@@H]1CN(CC(C)(C=O)NC(=O)O)CCN1. The van der Waals surface area contributed by atoms with Gasteiger partial charge in [-0.2, -0.15) is 0 Å². The Bertz CT molecular complexity index is 272. The molecule has 3 N–H and O–H groups in total. The fourth-order valence-electron chi connectivity index (χ4n) is 1.97. The van der Waals surface area contributed by atoms with Gasteiger partial charge in [0, 0.05) is 32.2 Å². The average Bonchev–Trinajstić information content (AvgIpc) is 2.16. The topological polar surface area (TPSA) is 81.7 Å². The summed E-state index contributed by atoms with van der Waals surface area (Å²) in [5.74, 6) is 0. The Labute approximate surface area is 95.0 Å². The molecule has 0 aromatic heterocycles. The first-order valence-corrected chi connectivity index (χ1v) is 5.38. The molecule has 1 fully saturated rings. The van der Waals surface area contributed by atoms with Crippen molar-refractivity contribution in [3.8, 4) is 0 Å². The molecule has 0 spiro atoms. The highest BCUT2D eigenvalue weighted by atomic mass is 16.4. The second kappa shape index (κ2) is 5.27. The van der Waals surface area contributed by atoms with Gasteiger partial charge in [-0.05, 0) is 13.8 Å². The molecule has 0 aromatic carbocycles. The van der Waals surface area contributed by atoms with Crippen molar-refractivity contribution >= 4 is 12.4 Å². The highest BCUT2D eigenvalue weighted by molar-refractivity contribution is 5.74. The van der Waals surface area contributed by atoms with Crippen LogP contribution >= 0.6 is 0 Å². The minimum absolute atomic E-state index is 0.370. The van der Waals surface area contributed by atoms with Crippen molar-refractivity contribution in [2.45, 2.75) is 25.4 Å². The normalized spacial score (nSPS) is 25.8. The Kier molecular flexibility index (Phi) is 4.26. The van der Waals surface area contributed by atoms with Gasteiger partial charge in [0.1, 0.15) is 11.8 Å². The minimum atomic E-state index is -1.17. The molecular formula is C10H19N3O3. The Balaban J connectivity index is 2.54. The van der Waals surface area contributed by atoms with Crippen molar-refractivity contribution < 1.29 is 14.7 Å². The number of hydrogen-bond donors (Lipinski definition) is 3. The number of carboxylic acid groups (broad SMARTS) is 1. The summed E-state index contributed by atoms with van der Waals surface area (Å²) >= 11 is 0. The first-order valence-electron chi connectivity index (χ1n) is 5.38. The van der Waals surface area contributed by atoms with Gasteiger partial charge in [-0.15, -0.1) is 0 Å². The minimum Gasteiger partial charge on any atom is -0.465 e. The molecule has 1 aliphatic rings. The number of hydrogen-bond acceptors (Lipinski definition) is 4. The fourth-order valence-corrected chi connectivity index (χ4v) is 1.97. The van der Waals surface area contributed by atoms with E-state index in [1.54, 1.807) is 6.92 Å². The van der Waals surface area contributed by atoms with E-state index in [1.807, 2.05) is 0 Å². The number of nitrogens with zero attached hydrogens (tertiary/aromatic N) is 1. The van der Waals surface area contributed by atoms with Crippen molar-refractivity contribution in [1.29, 1.82) is 0 Å². The van der Waals surface area contributed by atoms with Crippen LogP contribution in [0.15, 0.2) is 0 Å². The first-order chi connectivity index (χ1) is 7.45. The molecule has 0 bridgehead atoms. The van der Waals surface area contributed by atoms with Crippen LogP contribution in [0.3, 0.4) is 0 Å². The van der Waals surface area contributed by atoms with E-state index in [-0.39, 0.29) is 0 Å². The monoisotopic (exact) mass is 229 g/mol. The van der Waals surface area contributed by atoms with Crippen LogP contribution in [-0.4, -0.2) is 60.1 Å². The van der Waals surface area contributed by atoms with Gasteiger partial charge >= 0.3 is 6.09 Å². The molecule has 0 saturated carbocycles. The largest absolute Gasteiger partial charge is 0.465 e. The summed E-state index contributed by atoms with van der Waals surface area (Å²) in [6.07, 6.45) is -0.508. The lowest BCUT2D eigenvalue weighted by Crippen LogP contribution is -2.59. The predicted octanol–water partition coefficient (Wildman–Crippen LogP) is -0.495. The molecule has 0 aliphatic carbocycles. The van der Waals surface area contributed by atoms with Gasteiger partial charge in [0.05, 0.1) is 0 Å². The van der Waals surface area contributed by atoms with E-state index in [9.17, 15) is 9.59 Å². The molecule has 0 radical (unpaired) electrons. The number of rotatable bonds is 4. The second-order valence-electron chi connectivity index (χ2n) is 4.56. The first kappa shape index (κ1) is 12.9. The van der Waals surface area contributed by atoms with Crippen molar-refractivity contribution in [2.75, 3.05) is 26.2 Å². The highest BCUT2D eigenvalue weighted by Gasteiger charge is 2.30. The number of piperazine rings is 1. The Morgan fingerprint density at radius 1 is 1.75 bits per heavy atom. The maximum Gasteiger partial charge on any atom is 0.405 e. The van der Waals surface area contributed by atoms with Crippen LogP contribution < -0.4 is 10.6 Å². The van der Waals surface area contributed by atoms with Gasteiger partial charge in [0.25, 0.3) is 0 Å². The number of amides is 1. The van der Waals surface area contributed by atoms with Crippen molar-refractivity contribution in [2.24, 2.45) is 0 Å². The molecule has 1 unspecified atom stereocenters. The second-order valence-corrected chi connectivity index (χ2v) is 4.56. The lowest BCUT2D eigenvalue weighted by molar-refractivity contribution is -0.113. The zero-order valence-electron chi connectivity index (χ0n) is 9.69. The molecule has 1 saturated heterocycles. The van der Waals surface area contributed by atoms with E-state index in [0.29, 0.717) is 18.9 Å². The van der Waals surface area contributed by atoms with E-state index in [1.165, 1.54) is 0 Å². The van der Waals surface area contributed by atoms with Crippen LogP contribution in [0.25, 0.3) is 0 Å². The fraction of sp³-hybridized carbons (Fsp3) is 0.800. The lowest BCUT2D eigenvalue weighted by atomic mass is 10.0. The van der Waals surface area contributed by atoms with Gasteiger partial charge in [0.2, 0.25) is 0 Å². The standard InChI is InChI=1S/C10H19N3O3/c1-8-5-13(4-3-11-8)6-10(2,7-14)12-9(15)16/h7-8,11-12H,3-6H2,1-2H3,(H,15,16)/t8-,10?/m1/s1. The van der Waals surface area contributed by atoms with Crippen molar-refractivity contribution in [1.82, 2.24) is 15.5 Å². The third kappa shape index (κ3) is 3.79. The van der Waals surface area contributed by atoms with Crippen molar-refractivity contribution in [3.63, 3.8) is 0 Å². The summed E-state index contributed by atoms with van der Waals surface area (Å²) in [5, 5.41) is 14.2. The number of carbonyl (C=O) groups excluding carboxylic acids is 1. The van der Waals surface area contributed by atoms with Crippen molar-refractivity contribution in [3.05, 3.63) is 0 Å². The molecule has 1 amide bonds. The van der Waals surface area contributed by atoms with E-state index < -0.39 is 11.6 Å². The molecule has 1 aliphatic heterocycles. The van der Waals surface area contributed by atoms with E-state index >= 15 is 0 Å². The van der Waals surface area contributed by atoms with Crippen LogP contribution in [-0.2, 0) is 4.79 Å². The quantitative estimate of drug-likeness (QED) is 0.566. The Morgan fingerprint density at radius 3 is 2.94 bits per heavy atom. The third-order valence-electron chi connectivity index (χ3n) is 2.66. The summed E-state index contributed by atoms with van der Waals surface area (Å²) < 4.78 is 0. The molecule has 1 heterocycles. The zero-order chi connectivity index (χ0) is 12.2. The van der Waals surface area contributed by atoms with E-state index in [2.05, 4.69) is 22.5 Å². The smallest absolute Gasteiger partial charge is 0.405 e. The summed E-state index contributed by atoms with van der Waals surface area (Å²) in [6, 6.07) is 0.370.